The molecule has 1 aliphatic heterocycles. The molecule has 0 aliphatic carbocycles. The van der Waals surface area contributed by atoms with Crippen molar-refractivity contribution in [2.24, 2.45) is 0 Å². The van der Waals surface area contributed by atoms with E-state index in [4.69, 9.17) is 9.47 Å². The highest BCUT2D eigenvalue weighted by atomic mass is 16.5. The summed E-state index contributed by atoms with van der Waals surface area (Å²) in [6.07, 6.45) is 6.94. The fourth-order valence-corrected chi connectivity index (χ4v) is 3.37. The molecular weight excluding hydrogens is 340 g/mol. The van der Waals surface area contributed by atoms with Gasteiger partial charge in [-0.15, -0.1) is 10.2 Å². The highest BCUT2D eigenvalue weighted by Crippen LogP contribution is 2.28. The van der Waals surface area contributed by atoms with Gasteiger partial charge in [0.2, 0.25) is 0 Å². The lowest BCUT2D eigenvalue weighted by molar-refractivity contribution is 0.272. The fraction of sp³-hybridized carbons (Fsp3) is 0.619. The predicted octanol–water partition coefficient (Wildman–Crippen LogP) is 3.87. The number of nitrogens with one attached hydrogen (secondary N) is 1. The first-order chi connectivity index (χ1) is 13.3. The Morgan fingerprint density at radius 2 is 1.96 bits per heavy atom. The van der Waals surface area contributed by atoms with E-state index in [1.807, 2.05) is 13.0 Å². The molecule has 148 valence electrons. The molecule has 0 spiro atoms. The molecule has 0 amide bonds. The number of hydrogen-bond donors (Lipinski definition) is 1. The van der Waals surface area contributed by atoms with Gasteiger partial charge in [0.05, 0.1) is 19.8 Å². The van der Waals surface area contributed by atoms with E-state index in [0.717, 1.165) is 68.7 Å². The Morgan fingerprint density at radius 1 is 1.04 bits per heavy atom. The molecule has 2 heterocycles. The quantitative estimate of drug-likeness (QED) is 0.642. The van der Waals surface area contributed by atoms with E-state index in [-0.39, 0.29) is 0 Å². The van der Waals surface area contributed by atoms with Crippen molar-refractivity contribution in [1.29, 1.82) is 0 Å². The molecule has 1 aromatic heterocycles. The number of aryl methyl sites for hydroxylation is 1. The second-order valence-electron chi connectivity index (χ2n) is 7.01. The Bertz CT molecular complexity index is 714. The van der Waals surface area contributed by atoms with Gasteiger partial charge in [-0.3, -0.25) is 0 Å². The summed E-state index contributed by atoms with van der Waals surface area (Å²) >= 11 is 0. The summed E-state index contributed by atoms with van der Waals surface area (Å²) in [7, 11) is 0. The first-order valence-corrected chi connectivity index (χ1v) is 10.3. The van der Waals surface area contributed by atoms with Crippen molar-refractivity contribution in [2.45, 2.75) is 72.0 Å². The Labute approximate surface area is 162 Å². The van der Waals surface area contributed by atoms with Gasteiger partial charge >= 0.3 is 0 Å². The zero-order valence-electron chi connectivity index (χ0n) is 16.7. The van der Waals surface area contributed by atoms with Crippen molar-refractivity contribution in [2.75, 3.05) is 13.2 Å². The maximum Gasteiger partial charge on any atom is 0.161 e. The highest BCUT2D eigenvalue weighted by Gasteiger charge is 2.14. The predicted molar refractivity (Wildman–Crippen MR) is 106 cm³/mol. The lowest BCUT2D eigenvalue weighted by Gasteiger charge is -2.14. The van der Waals surface area contributed by atoms with Gasteiger partial charge < -0.3 is 19.4 Å². The molecule has 0 atom stereocenters. The van der Waals surface area contributed by atoms with Gasteiger partial charge in [-0.1, -0.05) is 25.8 Å². The molecule has 1 N–H and O–H groups in total. The van der Waals surface area contributed by atoms with Crippen LogP contribution in [0.4, 0.5) is 0 Å². The average molecular weight is 373 g/mol. The lowest BCUT2D eigenvalue weighted by Crippen LogP contribution is -2.17. The monoisotopic (exact) mass is 372 g/mol. The molecule has 0 unspecified atom stereocenters. The maximum atomic E-state index is 5.86. The van der Waals surface area contributed by atoms with Crippen LogP contribution in [0.3, 0.4) is 0 Å². The van der Waals surface area contributed by atoms with Crippen LogP contribution in [0.15, 0.2) is 18.2 Å². The van der Waals surface area contributed by atoms with E-state index in [1.54, 1.807) is 0 Å². The van der Waals surface area contributed by atoms with E-state index in [1.165, 1.54) is 24.8 Å². The van der Waals surface area contributed by atoms with Crippen molar-refractivity contribution in [3.63, 3.8) is 0 Å². The molecule has 2 aromatic rings. The molecule has 0 fully saturated rings. The van der Waals surface area contributed by atoms with E-state index < -0.39 is 0 Å². The number of fused-ring (bicyclic) bond motifs is 1. The lowest BCUT2D eigenvalue weighted by atomic mass is 10.2. The van der Waals surface area contributed by atoms with Crippen LogP contribution in [-0.2, 0) is 26.1 Å². The summed E-state index contributed by atoms with van der Waals surface area (Å²) < 4.78 is 13.9. The van der Waals surface area contributed by atoms with Crippen LogP contribution in [0.1, 0.15) is 63.2 Å². The molecule has 0 radical (unpaired) electrons. The van der Waals surface area contributed by atoms with Crippen LogP contribution in [-0.4, -0.2) is 28.0 Å². The topological polar surface area (TPSA) is 61.2 Å². The fourth-order valence-electron chi connectivity index (χ4n) is 3.37. The zero-order valence-corrected chi connectivity index (χ0v) is 16.7. The number of unbranched alkanes of at least 4 members (excludes halogenated alkanes) is 1. The van der Waals surface area contributed by atoms with E-state index in [9.17, 15) is 0 Å². The van der Waals surface area contributed by atoms with Gasteiger partial charge in [-0.2, -0.15) is 0 Å². The molecule has 6 heteroatoms. The first-order valence-electron chi connectivity index (χ1n) is 10.3. The van der Waals surface area contributed by atoms with E-state index in [0.29, 0.717) is 6.61 Å². The third-order valence-electron chi connectivity index (χ3n) is 4.86. The maximum absolute atomic E-state index is 5.86. The second kappa shape index (κ2) is 10.3. The van der Waals surface area contributed by atoms with Gasteiger partial charge in [0.25, 0.3) is 0 Å². The standard InChI is InChI=1S/C21H32N4O2/c1-3-5-13-27-18-11-10-17(14-19(18)26-4-2)15-22-16-21-24-23-20-9-7-6-8-12-25(20)21/h10-11,14,22H,3-9,12-13,15-16H2,1-2H3. The van der Waals surface area contributed by atoms with Gasteiger partial charge in [0, 0.05) is 19.5 Å². The Balaban J connectivity index is 1.57. The van der Waals surface area contributed by atoms with Crippen LogP contribution in [0.5, 0.6) is 11.5 Å². The Kier molecular flexibility index (Phi) is 7.51. The Morgan fingerprint density at radius 3 is 2.81 bits per heavy atom. The minimum atomic E-state index is 0.632. The molecule has 1 aromatic carbocycles. The smallest absolute Gasteiger partial charge is 0.161 e. The third-order valence-corrected chi connectivity index (χ3v) is 4.86. The van der Waals surface area contributed by atoms with Crippen molar-refractivity contribution < 1.29 is 9.47 Å². The van der Waals surface area contributed by atoms with Crippen LogP contribution >= 0.6 is 0 Å². The van der Waals surface area contributed by atoms with Gasteiger partial charge in [0.1, 0.15) is 11.6 Å². The molecule has 0 saturated carbocycles. The normalized spacial score (nSPS) is 13.9. The summed E-state index contributed by atoms with van der Waals surface area (Å²) in [6.45, 7) is 8.05. The van der Waals surface area contributed by atoms with E-state index in [2.05, 4.69) is 39.1 Å². The molecule has 27 heavy (non-hydrogen) atoms. The zero-order chi connectivity index (χ0) is 18.9. The molecule has 3 rings (SSSR count). The number of benzene rings is 1. The minimum Gasteiger partial charge on any atom is -0.490 e. The van der Waals surface area contributed by atoms with Crippen molar-refractivity contribution in [3.8, 4) is 11.5 Å². The number of aromatic nitrogens is 3. The number of hydrogen-bond acceptors (Lipinski definition) is 5. The highest BCUT2D eigenvalue weighted by molar-refractivity contribution is 5.43. The molecule has 1 aliphatic rings. The summed E-state index contributed by atoms with van der Waals surface area (Å²) in [5, 5.41) is 12.2. The third kappa shape index (κ3) is 5.45. The molecule has 0 bridgehead atoms. The minimum absolute atomic E-state index is 0.632. The first kappa shape index (κ1) is 19.7. The average Bonchev–Trinajstić information content (AvgIpc) is 2.90. The van der Waals surface area contributed by atoms with Crippen molar-refractivity contribution in [3.05, 3.63) is 35.4 Å². The van der Waals surface area contributed by atoms with Gasteiger partial charge in [-0.25, -0.2) is 0 Å². The van der Waals surface area contributed by atoms with E-state index >= 15 is 0 Å². The molecule has 6 nitrogen and oxygen atoms in total. The molecule has 0 saturated heterocycles. The van der Waals surface area contributed by atoms with Crippen LogP contribution in [0, 0.1) is 0 Å². The van der Waals surface area contributed by atoms with Crippen molar-refractivity contribution >= 4 is 0 Å². The van der Waals surface area contributed by atoms with Crippen LogP contribution in [0.2, 0.25) is 0 Å². The summed E-state index contributed by atoms with van der Waals surface area (Å²) in [5.41, 5.74) is 1.18. The van der Waals surface area contributed by atoms with Gasteiger partial charge in [0.15, 0.2) is 11.5 Å². The summed E-state index contributed by atoms with van der Waals surface area (Å²) in [6, 6.07) is 6.18. The van der Waals surface area contributed by atoms with Crippen molar-refractivity contribution in [1.82, 2.24) is 20.1 Å². The number of nitrogens with zero attached hydrogens (tertiary/aromatic N) is 3. The van der Waals surface area contributed by atoms with Crippen LogP contribution < -0.4 is 14.8 Å². The largest absolute Gasteiger partial charge is 0.490 e. The summed E-state index contributed by atoms with van der Waals surface area (Å²) in [4.78, 5) is 0. The number of rotatable bonds is 10. The Hall–Kier alpha value is -2.08. The number of ether oxygens (including phenoxy) is 2. The summed E-state index contributed by atoms with van der Waals surface area (Å²) in [5.74, 6) is 3.83. The van der Waals surface area contributed by atoms with Gasteiger partial charge in [-0.05, 0) is 43.9 Å². The second-order valence-corrected chi connectivity index (χ2v) is 7.01. The van der Waals surface area contributed by atoms with Crippen LogP contribution in [0.25, 0.3) is 0 Å². The SMILES string of the molecule is CCCCOc1ccc(CNCc2nnc3n2CCCCC3)cc1OCC. The molecular formula is C21H32N4O2.